The molecule has 4 heteroatoms. The molecule has 2 nitrogen and oxygen atoms in total. The zero-order valence-corrected chi connectivity index (χ0v) is 13.9. The number of hydrogen-bond acceptors (Lipinski definition) is 3. The maximum atomic E-state index is 4.50. The lowest BCUT2D eigenvalue weighted by molar-refractivity contribution is 0.396. The van der Waals surface area contributed by atoms with Gasteiger partial charge in [-0.05, 0) is 24.8 Å². The number of halogens is 1. The Morgan fingerprint density at radius 3 is 2.56 bits per heavy atom. The molecule has 0 saturated carbocycles. The summed E-state index contributed by atoms with van der Waals surface area (Å²) in [5.41, 5.74) is 2.73. The van der Waals surface area contributed by atoms with Gasteiger partial charge in [-0.1, -0.05) is 36.7 Å². The topological polar surface area (TPSA) is 25.8 Å². The van der Waals surface area contributed by atoms with Crippen molar-refractivity contribution >= 4 is 37.5 Å². The van der Waals surface area contributed by atoms with Gasteiger partial charge in [-0.3, -0.25) is 0 Å². The van der Waals surface area contributed by atoms with Gasteiger partial charge in [0.25, 0.3) is 0 Å². The highest BCUT2D eigenvalue weighted by Gasteiger charge is 2.24. The van der Waals surface area contributed by atoms with Gasteiger partial charge in [0.15, 0.2) is 0 Å². The van der Waals surface area contributed by atoms with Gasteiger partial charge in [-0.15, -0.1) is 11.3 Å². The van der Waals surface area contributed by atoms with Gasteiger partial charge >= 0.3 is 0 Å². The standard InChI is InChI=1S/C14H19BrN2S/c1-8-9(2)18-13-12(8)10(16-7-17-13)6-11(15)14(3,4)5/h7,11H,6H2,1-5H3. The van der Waals surface area contributed by atoms with Crippen molar-refractivity contribution in [3.63, 3.8) is 0 Å². The van der Waals surface area contributed by atoms with Crippen LogP contribution in [0.1, 0.15) is 36.9 Å². The molecular weight excluding hydrogens is 308 g/mol. The summed E-state index contributed by atoms with van der Waals surface area (Å²) in [6.07, 6.45) is 2.63. The van der Waals surface area contributed by atoms with Gasteiger partial charge in [-0.25, -0.2) is 9.97 Å². The van der Waals surface area contributed by atoms with E-state index in [-0.39, 0.29) is 5.41 Å². The predicted molar refractivity (Wildman–Crippen MR) is 82.8 cm³/mol. The van der Waals surface area contributed by atoms with Crippen LogP contribution >= 0.6 is 27.3 Å². The summed E-state index contributed by atoms with van der Waals surface area (Å²) >= 11 is 5.56. The maximum absolute atomic E-state index is 4.50. The summed E-state index contributed by atoms with van der Waals surface area (Å²) in [5.74, 6) is 0. The molecule has 0 bridgehead atoms. The Balaban J connectivity index is 2.45. The molecule has 1 atom stereocenters. The van der Waals surface area contributed by atoms with Crippen molar-refractivity contribution in [1.29, 1.82) is 0 Å². The highest BCUT2D eigenvalue weighted by Crippen LogP contribution is 2.34. The number of aromatic nitrogens is 2. The Hall–Kier alpha value is -0.480. The van der Waals surface area contributed by atoms with E-state index >= 15 is 0 Å². The molecule has 0 aliphatic carbocycles. The number of aryl methyl sites for hydroxylation is 2. The van der Waals surface area contributed by atoms with Gasteiger partial charge in [0.05, 0.1) is 5.69 Å². The molecule has 0 spiro atoms. The van der Waals surface area contributed by atoms with Crippen LogP contribution in [0.4, 0.5) is 0 Å². The van der Waals surface area contributed by atoms with Crippen LogP contribution < -0.4 is 0 Å². The van der Waals surface area contributed by atoms with Crippen LogP contribution in [0, 0.1) is 19.3 Å². The number of nitrogens with zero attached hydrogens (tertiary/aromatic N) is 2. The summed E-state index contributed by atoms with van der Waals surface area (Å²) in [5, 5.41) is 1.26. The lowest BCUT2D eigenvalue weighted by Crippen LogP contribution is -2.23. The van der Waals surface area contributed by atoms with E-state index in [0.29, 0.717) is 4.83 Å². The second-order valence-corrected chi connectivity index (χ2v) is 8.13. The van der Waals surface area contributed by atoms with Crippen molar-refractivity contribution in [3.8, 4) is 0 Å². The first-order chi connectivity index (χ1) is 8.30. The molecular formula is C14H19BrN2S. The largest absolute Gasteiger partial charge is 0.241 e. The summed E-state index contributed by atoms with van der Waals surface area (Å²) in [6, 6.07) is 0. The Labute approximate surface area is 121 Å². The van der Waals surface area contributed by atoms with E-state index in [2.05, 4.69) is 60.5 Å². The highest BCUT2D eigenvalue weighted by atomic mass is 79.9. The summed E-state index contributed by atoms with van der Waals surface area (Å²) in [6.45, 7) is 11.1. The highest BCUT2D eigenvalue weighted by molar-refractivity contribution is 9.09. The van der Waals surface area contributed by atoms with Crippen LogP contribution in [0.3, 0.4) is 0 Å². The summed E-state index contributed by atoms with van der Waals surface area (Å²) < 4.78 is 0. The molecule has 0 aliphatic heterocycles. The molecule has 0 amide bonds. The summed E-state index contributed by atoms with van der Waals surface area (Å²) in [7, 11) is 0. The number of thiophene rings is 1. The minimum absolute atomic E-state index is 0.232. The fraction of sp³-hybridized carbons (Fsp3) is 0.571. The minimum Gasteiger partial charge on any atom is -0.241 e. The fourth-order valence-corrected chi connectivity index (χ4v) is 3.21. The first-order valence-corrected chi connectivity index (χ1v) is 7.87. The number of hydrogen-bond donors (Lipinski definition) is 0. The smallest absolute Gasteiger partial charge is 0.127 e. The molecule has 98 valence electrons. The molecule has 0 aromatic carbocycles. The zero-order chi connectivity index (χ0) is 13.5. The molecule has 2 heterocycles. The third-order valence-electron chi connectivity index (χ3n) is 3.36. The van der Waals surface area contributed by atoms with Crippen molar-refractivity contribution in [2.45, 2.75) is 45.9 Å². The molecule has 2 aromatic rings. The summed E-state index contributed by atoms with van der Waals surface area (Å²) in [4.78, 5) is 11.8. The molecule has 2 rings (SSSR count). The lowest BCUT2D eigenvalue weighted by atomic mass is 9.89. The van der Waals surface area contributed by atoms with Crippen molar-refractivity contribution in [2.75, 3.05) is 0 Å². The quantitative estimate of drug-likeness (QED) is 0.750. The van der Waals surface area contributed by atoms with Crippen molar-refractivity contribution in [2.24, 2.45) is 5.41 Å². The van der Waals surface area contributed by atoms with E-state index in [1.807, 2.05) is 0 Å². The van der Waals surface area contributed by atoms with Crippen LogP contribution in [-0.4, -0.2) is 14.8 Å². The lowest BCUT2D eigenvalue weighted by Gasteiger charge is -2.25. The molecule has 1 unspecified atom stereocenters. The predicted octanol–water partition coefficient (Wildman–Crippen LogP) is 4.66. The molecule has 2 aromatic heterocycles. The first kappa shape index (κ1) is 13.9. The van der Waals surface area contributed by atoms with E-state index in [1.165, 1.54) is 21.5 Å². The van der Waals surface area contributed by atoms with Crippen LogP contribution in [0.2, 0.25) is 0 Å². The maximum Gasteiger partial charge on any atom is 0.127 e. The second-order valence-electron chi connectivity index (χ2n) is 5.82. The normalized spacial score (nSPS) is 14.1. The molecule has 0 aliphatic rings. The zero-order valence-electron chi connectivity index (χ0n) is 11.5. The van der Waals surface area contributed by atoms with Gasteiger partial charge < -0.3 is 0 Å². The van der Waals surface area contributed by atoms with Crippen LogP contribution in [0.25, 0.3) is 10.2 Å². The molecule has 18 heavy (non-hydrogen) atoms. The van der Waals surface area contributed by atoms with E-state index < -0.39 is 0 Å². The first-order valence-electron chi connectivity index (χ1n) is 6.14. The van der Waals surface area contributed by atoms with Crippen molar-refractivity contribution < 1.29 is 0 Å². The average Bonchev–Trinajstić information content (AvgIpc) is 2.54. The SMILES string of the molecule is Cc1sc2ncnc(CC(Br)C(C)(C)C)c2c1C. The van der Waals surface area contributed by atoms with Gasteiger partial charge in [0.1, 0.15) is 11.2 Å². The molecule has 0 N–H and O–H groups in total. The monoisotopic (exact) mass is 326 g/mol. The van der Waals surface area contributed by atoms with Gasteiger partial charge in [0.2, 0.25) is 0 Å². The van der Waals surface area contributed by atoms with Crippen LogP contribution in [-0.2, 0) is 6.42 Å². The Kier molecular flexibility index (Phi) is 3.79. The second kappa shape index (κ2) is 4.89. The molecule has 0 saturated heterocycles. The Morgan fingerprint density at radius 1 is 1.28 bits per heavy atom. The van der Waals surface area contributed by atoms with E-state index in [0.717, 1.165) is 11.3 Å². The molecule has 0 fully saturated rings. The Bertz CT molecular complexity index is 569. The average molecular weight is 327 g/mol. The van der Waals surface area contributed by atoms with E-state index in [1.54, 1.807) is 17.7 Å². The van der Waals surface area contributed by atoms with Gasteiger partial charge in [0, 0.05) is 21.5 Å². The van der Waals surface area contributed by atoms with E-state index in [9.17, 15) is 0 Å². The van der Waals surface area contributed by atoms with Gasteiger partial charge in [-0.2, -0.15) is 0 Å². The van der Waals surface area contributed by atoms with Crippen molar-refractivity contribution in [1.82, 2.24) is 9.97 Å². The van der Waals surface area contributed by atoms with Crippen LogP contribution in [0.15, 0.2) is 6.33 Å². The number of alkyl halides is 1. The Morgan fingerprint density at radius 2 is 1.94 bits per heavy atom. The fourth-order valence-electron chi connectivity index (χ4n) is 1.89. The third kappa shape index (κ3) is 2.59. The van der Waals surface area contributed by atoms with E-state index in [4.69, 9.17) is 0 Å². The molecule has 0 radical (unpaired) electrons. The third-order valence-corrected chi connectivity index (χ3v) is 6.17. The van der Waals surface area contributed by atoms with Crippen LogP contribution in [0.5, 0.6) is 0 Å². The number of fused-ring (bicyclic) bond motifs is 1. The minimum atomic E-state index is 0.232. The van der Waals surface area contributed by atoms with Crippen molar-refractivity contribution in [3.05, 3.63) is 22.5 Å². The number of rotatable bonds is 2.